The topological polar surface area (TPSA) is 64.1 Å². The number of anilines is 1. The first-order valence-corrected chi connectivity index (χ1v) is 6.36. The number of hydrogen-bond donors (Lipinski definition) is 1. The van der Waals surface area contributed by atoms with Crippen molar-refractivity contribution in [2.75, 3.05) is 45.7 Å². The molecule has 0 aliphatic heterocycles. The van der Waals surface area contributed by atoms with Crippen LogP contribution < -0.4 is 4.90 Å². The van der Waals surface area contributed by atoms with Crippen LogP contribution in [0.4, 0.5) is 10.5 Å². The molecule has 0 radical (unpaired) electrons. The fraction of sp³-hybridized carbons (Fsp3) is 0.429. The number of carbonyl (C=O) groups excluding carboxylic acids is 1. The molecule has 0 aliphatic carbocycles. The van der Waals surface area contributed by atoms with Crippen molar-refractivity contribution >= 4 is 17.7 Å². The highest BCUT2D eigenvalue weighted by atomic mass is 16.4. The Labute approximate surface area is 119 Å². The molecule has 0 saturated heterocycles. The van der Waals surface area contributed by atoms with Gasteiger partial charge >= 0.3 is 12.0 Å². The number of benzene rings is 1. The number of carboxylic acid groups (broad SMARTS) is 1. The van der Waals surface area contributed by atoms with Crippen LogP contribution in [0.5, 0.6) is 0 Å². The van der Waals surface area contributed by atoms with Crippen molar-refractivity contribution in [3.8, 4) is 0 Å². The molecule has 0 bridgehead atoms. The quantitative estimate of drug-likeness (QED) is 0.849. The minimum atomic E-state index is -1.04. The average molecular weight is 279 g/mol. The van der Waals surface area contributed by atoms with Crippen LogP contribution in [0.3, 0.4) is 0 Å². The third-order valence-corrected chi connectivity index (χ3v) is 2.80. The third-order valence-electron chi connectivity index (χ3n) is 2.80. The first-order chi connectivity index (χ1) is 9.41. The molecule has 0 aromatic heterocycles. The van der Waals surface area contributed by atoms with Crippen LogP contribution >= 0.6 is 0 Å². The molecule has 20 heavy (non-hydrogen) atoms. The van der Waals surface area contributed by atoms with Gasteiger partial charge in [0.2, 0.25) is 0 Å². The monoisotopic (exact) mass is 279 g/mol. The van der Waals surface area contributed by atoms with Crippen LogP contribution in [-0.4, -0.2) is 67.7 Å². The van der Waals surface area contributed by atoms with Gasteiger partial charge in [0.05, 0.1) is 0 Å². The Kier molecular flexibility index (Phi) is 5.99. The van der Waals surface area contributed by atoms with E-state index in [1.54, 1.807) is 31.3 Å². The van der Waals surface area contributed by atoms with Gasteiger partial charge in [-0.2, -0.15) is 0 Å². The molecule has 1 aromatic carbocycles. The fourth-order valence-corrected chi connectivity index (χ4v) is 1.66. The maximum Gasteiger partial charge on any atom is 0.324 e. The van der Waals surface area contributed by atoms with Crippen LogP contribution in [0, 0.1) is 0 Å². The standard InChI is InChI=1S/C14H21N3O3/c1-15(2)9-10-16(3)14(20)17(11-13(18)19)12-7-5-4-6-8-12/h4-8H,9-11H2,1-3H3,(H,18,19). The van der Waals surface area contributed by atoms with E-state index >= 15 is 0 Å². The van der Waals surface area contributed by atoms with Crippen molar-refractivity contribution in [1.29, 1.82) is 0 Å². The Hall–Kier alpha value is -2.08. The lowest BCUT2D eigenvalue weighted by Gasteiger charge is -2.27. The lowest BCUT2D eigenvalue weighted by atomic mass is 10.3. The van der Waals surface area contributed by atoms with Gasteiger partial charge in [-0.1, -0.05) is 18.2 Å². The smallest absolute Gasteiger partial charge is 0.324 e. The number of carboxylic acids is 1. The van der Waals surface area contributed by atoms with Crippen molar-refractivity contribution in [2.24, 2.45) is 0 Å². The molecule has 6 heteroatoms. The number of para-hydroxylation sites is 1. The molecule has 1 rings (SSSR count). The molecular weight excluding hydrogens is 258 g/mol. The summed E-state index contributed by atoms with van der Waals surface area (Å²) in [5.74, 6) is -1.04. The van der Waals surface area contributed by atoms with Crippen molar-refractivity contribution in [1.82, 2.24) is 9.80 Å². The molecule has 110 valence electrons. The molecule has 1 N–H and O–H groups in total. The molecule has 0 unspecified atom stereocenters. The normalized spacial score (nSPS) is 10.4. The van der Waals surface area contributed by atoms with Gasteiger partial charge in [-0.05, 0) is 26.2 Å². The molecular formula is C14H21N3O3. The van der Waals surface area contributed by atoms with E-state index in [-0.39, 0.29) is 12.6 Å². The van der Waals surface area contributed by atoms with E-state index in [1.165, 1.54) is 9.80 Å². The van der Waals surface area contributed by atoms with Crippen LogP contribution in [0.1, 0.15) is 0 Å². The average Bonchev–Trinajstić information content (AvgIpc) is 2.42. The zero-order valence-electron chi connectivity index (χ0n) is 12.1. The lowest BCUT2D eigenvalue weighted by Crippen LogP contribution is -2.45. The van der Waals surface area contributed by atoms with E-state index in [1.807, 2.05) is 25.1 Å². The van der Waals surface area contributed by atoms with Gasteiger partial charge in [0.1, 0.15) is 6.54 Å². The zero-order chi connectivity index (χ0) is 15.1. The fourth-order valence-electron chi connectivity index (χ4n) is 1.66. The highest BCUT2D eigenvalue weighted by Crippen LogP contribution is 2.14. The van der Waals surface area contributed by atoms with Gasteiger partial charge < -0.3 is 14.9 Å². The number of hydrogen-bond acceptors (Lipinski definition) is 3. The van der Waals surface area contributed by atoms with Gasteiger partial charge in [0.15, 0.2) is 0 Å². The van der Waals surface area contributed by atoms with Gasteiger partial charge in [0, 0.05) is 25.8 Å². The summed E-state index contributed by atoms with van der Waals surface area (Å²) >= 11 is 0. The van der Waals surface area contributed by atoms with Crippen molar-refractivity contribution in [2.45, 2.75) is 0 Å². The molecule has 0 aliphatic rings. The second kappa shape index (κ2) is 7.49. The molecule has 0 saturated carbocycles. The minimum absolute atomic E-state index is 0.319. The van der Waals surface area contributed by atoms with Gasteiger partial charge in [-0.15, -0.1) is 0 Å². The van der Waals surface area contributed by atoms with E-state index in [4.69, 9.17) is 5.11 Å². The van der Waals surface area contributed by atoms with Crippen molar-refractivity contribution in [3.63, 3.8) is 0 Å². The number of carbonyl (C=O) groups is 2. The van der Waals surface area contributed by atoms with E-state index < -0.39 is 5.97 Å². The molecule has 0 atom stereocenters. The lowest BCUT2D eigenvalue weighted by molar-refractivity contribution is -0.135. The number of nitrogens with zero attached hydrogens (tertiary/aromatic N) is 3. The van der Waals surface area contributed by atoms with Crippen LogP contribution in [0.25, 0.3) is 0 Å². The number of likely N-dealkylation sites (N-methyl/N-ethyl adjacent to an activating group) is 2. The maximum absolute atomic E-state index is 12.4. The Bertz CT molecular complexity index is 448. The highest BCUT2D eigenvalue weighted by Gasteiger charge is 2.21. The summed E-state index contributed by atoms with van der Waals surface area (Å²) in [5, 5.41) is 8.97. The van der Waals surface area contributed by atoms with E-state index in [0.717, 1.165) is 6.54 Å². The second-order valence-electron chi connectivity index (χ2n) is 4.82. The Balaban J connectivity index is 2.82. The summed E-state index contributed by atoms with van der Waals surface area (Å²) in [4.78, 5) is 28.1. The second-order valence-corrected chi connectivity index (χ2v) is 4.82. The minimum Gasteiger partial charge on any atom is -0.480 e. The van der Waals surface area contributed by atoms with E-state index in [9.17, 15) is 9.59 Å². The molecule has 0 spiro atoms. The van der Waals surface area contributed by atoms with Crippen molar-refractivity contribution in [3.05, 3.63) is 30.3 Å². The number of rotatable bonds is 6. The summed E-state index contributed by atoms with van der Waals surface area (Å²) < 4.78 is 0. The predicted octanol–water partition coefficient (Wildman–Crippen LogP) is 1.19. The molecule has 0 heterocycles. The summed E-state index contributed by atoms with van der Waals surface area (Å²) in [6.07, 6.45) is 0. The molecule has 2 amide bonds. The molecule has 1 aromatic rings. The van der Waals surface area contributed by atoms with E-state index in [2.05, 4.69) is 0 Å². The highest BCUT2D eigenvalue weighted by molar-refractivity contribution is 5.96. The molecule has 6 nitrogen and oxygen atoms in total. The third kappa shape index (κ3) is 4.89. The van der Waals surface area contributed by atoms with Crippen LogP contribution in [0.2, 0.25) is 0 Å². The van der Waals surface area contributed by atoms with Gasteiger partial charge in [-0.25, -0.2) is 4.79 Å². The largest absolute Gasteiger partial charge is 0.480 e. The zero-order valence-corrected chi connectivity index (χ0v) is 12.1. The number of urea groups is 1. The van der Waals surface area contributed by atoms with Crippen LogP contribution in [-0.2, 0) is 4.79 Å². The first kappa shape index (κ1) is 16.0. The maximum atomic E-state index is 12.4. The van der Waals surface area contributed by atoms with E-state index in [0.29, 0.717) is 12.2 Å². The summed E-state index contributed by atoms with van der Waals surface area (Å²) in [6.45, 7) is 0.905. The first-order valence-electron chi connectivity index (χ1n) is 6.36. The number of aliphatic carboxylic acids is 1. The Morgan fingerprint density at radius 3 is 2.15 bits per heavy atom. The van der Waals surface area contributed by atoms with Gasteiger partial charge in [-0.3, -0.25) is 9.69 Å². The Morgan fingerprint density at radius 2 is 1.65 bits per heavy atom. The van der Waals surface area contributed by atoms with Crippen molar-refractivity contribution < 1.29 is 14.7 Å². The van der Waals surface area contributed by atoms with Crippen LogP contribution in [0.15, 0.2) is 30.3 Å². The predicted molar refractivity (Wildman–Crippen MR) is 78.0 cm³/mol. The summed E-state index contributed by atoms with van der Waals surface area (Å²) in [7, 11) is 5.51. The van der Waals surface area contributed by atoms with Gasteiger partial charge in [0.25, 0.3) is 0 Å². The molecule has 0 fully saturated rings. The summed E-state index contributed by atoms with van der Waals surface area (Å²) in [6, 6.07) is 8.50. The SMILES string of the molecule is CN(C)CCN(C)C(=O)N(CC(=O)O)c1ccccc1. The number of amides is 2. The Morgan fingerprint density at radius 1 is 1.05 bits per heavy atom. The summed E-state index contributed by atoms with van der Waals surface area (Å²) in [5.41, 5.74) is 0.580.